The molecule has 1 atom stereocenters. The molecule has 1 amide bonds. The van der Waals surface area contributed by atoms with E-state index in [9.17, 15) is 4.79 Å². The summed E-state index contributed by atoms with van der Waals surface area (Å²) in [5.74, 6) is -0.0188. The summed E-state index contributed by atoms with van der Waals surface area (Å²) in [5, 5.41) is 3.02. The Morgan fingerprint density at radius 3 is 2.74 bits per heavy atom. The summed E-state index contributed by atoms with van der Waals surface area (Å²) in [5.41, 5.74) is 7.56. The normalized spacial score (nSPS) is 11.6. The van der Waals surface area contributed by atoms with Crippen LogP contribution >= 0.6 is 35.0 Å². The molecule has 0 radical (unpaired) electrons. The average molecular weight is 397 g/mol. The molecule has 1 rings (SSSR count). The Morgan fingerprint density at radius 1 is 1.47 bits per heavy atom. The van der Waals surface area contributed by atoms with E-state index in [1.807, 2.05) is 25.1 Å². The third-order valence-electron chi connectivity index (χ3n) is 2.96. The third-order valence-corrected chi connectivity index (χ3v) is 4.39. The molecule has 3 N–H and O–H groups in total. The highest BCUT2D eigenvalue weighted by Gasteiger charge is 2.15. The number of carbonyl (C=O) groups is 1. The predicted octanol–water partition coefficient (Wildman–Crippen LogP) is 3.27. The monoisotopic (exact) mass is 396 g/mol. The molecule has 19 heavy (non-hydrogen) atoms. The number of nitrogens with one attached hydrogen (secondary N) is 1. The van der Waals surface area contributed by atoms with Gasteiger partial charge in [-0.05, 0) is 47.6 Å². The van der Waals surface area contributed by atoms with Gasteiger partial charge < -0.3 is 11.1 Å². The largest absolute Gasteiger partial charge is 0.348 e. The van der Waals surface area contributed by atoms with E-state index in [-0.39, 0.29) is 24.4 Å². The molecule has 0 saturated heterocycles. The van der Waals surface area contributed by atoms with Gasteiger partial charge in [0.1, 0.15) is 0 Å². The van der Waals surface area contributed by atoms with Gasteiger partial charge in [0, 0.05) is 16.2 Å². The topological polar surface area (TPSA) is 55.1 Å². The molecule has 0 saturated carbocycles. The van der Waals surface area contributed by atoms with Gasteiger partial charge in [0.25, 0.3) is 5.91 Å². The van der Waals surface area contributed by atoms with Crippen molar-refractivity contribution in [2.45, 2.75) is 39.2 Å². The molecule has 0 bridgehead atoms. The Labute approximate surface area is 135 Å². The van der Waals surface area contributed by atoms with Crippen molar-refractivity contribution in [3.8, 4) is 0 Å². The number of unbranched alkanes of at least 4 members (excludes halogenated alkanes) is 1. The number of nitrogens with two attached hydrogens (primary N) is 1. The molecule has 0 aromatic heterocycles. The van der Waals surface area contributed by atoms with E-state index < -0.39 is 0 Å². The average Bonchev–Trinajstić information content (AvgIpc) is 2.37. The zero-order valence-electron chi connectivity index (χ0n) is 11.4. The lowest BCUT2D eigenvalue weighted by Gasteiger charge is -2.17. The van der Waals surface area contributed by atoms with Crippen molar-refractivity contribution < 1.29 is 4.79 Å². The standard InChI is InChI=1S/C14H21IN2O.ClH/c1-3-4-7-11(9-16)17-14(18)12-8-5-6-10(2)13(12)15;/h5-6,8,11H,3-4,7,9,16H2,1-2H3,(H,17,18);1H. The van der Waals surface area contributed by atoms with Gasteiger partial charge in [0.2, 0.25) is 0 Å². The molecule has 0 spiro atoms. The zero-order chi connectivity index (χ0) is 13.5. The van der Waals surface area contributed by atoms with Crippen molar-refractivity contribution in [3.05, 3.63) is 32.9 Å². The first kappa shape index (κ1) is 18.7. The summed E-state index contributed by atoms with van der Waals surface area (Å²) < 4.78 is 1.01. The highest BCUT2D eigenvalue weighted by molar-refractivity contribution is 14.1. The number of hydrogen-bond donors (Lipinski definition) is 2. The maximum atomic E-state index is 12.2. The zero-order valence-corrected chi connectivity index (χ0v) is 14.4. The smallest absolute Gasteiger partial charge is 0.252 e. The summed E-state index contributed by atoms with van der Waals surface area (Å²) in [7, 11) is 0. The first-order chi connectivity index (χ1) is 8.60. The van der Waals surface area contributed by atoms with Crippen LogP contribution < -0.4 is 11.1 Å². The van der Waals surface area contributed by atoms with Gasteiger partial charge in [0.15, 0.2) is 0 Å². The lowest BCUT2D eigenvalue weighted by Crippen LogP contribution is -2.40. The number of halogens is 2. The van der Waals surface area contributed by atoms with Crippen molar-refractivity contribution in [1.82, 2.24) is 5.32 Å². The summed E-state index contributed by atoms with van der Waals surface area (Å²) in [6, 6.07) is 5.86. The Hall–Kier alpha value is -0.330. The number of aryl methyl sites for hydroxylation is 1. The molecular formula is C14H22ClIN2O. The SMILES string of the molecule is CCCCC(CN)NC(=O)c1cccc(C)c1I.Cl. The molecule has 0 aliphatic heterocycles. The van der Waals surface area contributed by atoms with E-state index >= 15 is 0 Å². The van der Waals surface area contributed by atoms with Crippen LogP contribution in [-0.2, 0) is 0 Å². The molecular weight excluding hydrogens is 375 g/mol. The molecule has 0 aliphatic rings. The van der Waals surface area contributed by atoms with Crippen LogP contribution in [0.2, 0.25) is 0 Å². The molecule has 108 valence electrons. The van der Waals surface area contributed by atoms with Gasteiger partial charge in [-0.15, -0.1) is 12.4 Å². The maximum absolute atomic E-state index is 12.2. The molecule has 3 nitrogen and oxygen atoms in total. The lowest BCUT2D eigenvalue weighted by molar-refractivity contribution is 0.0935. The fourth-order valence-corrected chi connectivity index (χ4v) is 2.39. The van der Waals surface area contributed by atoms with Crippen LogP contribution in [0.4, 0.5) is 0 Å². The highest BCUT2D eigenvalue weighted by atomic mass is 127. The van der Waals surface area contributed by atoms with Crippen LogP contribution in [0, 0.1) is 10.5 Å². The Balaban J connectivity index is 0.00000324. The van der Waals surface area contributed by atoms with E-state index in [0.717, 1.165) is 34.0 Å². The summed E-state index contributed by atoms with van der Waals surface area (Å²) in [6.45, 7) is 4.64. The molecule has 1 aromatic rings. The van der Waals surface area contributed by atoms with Crippen molar-refractivity contribution in [1.29, 1.82) is 0 Å². The second-order valence-corrected chi connectivity index (χ2v) is 5.56. The molecule has 1 unspecified atom stereocenters. The van der Waals surface area contributed by atoms with Gasteiger partial charge in [-0.2, -0.15) is 0 Å². The van der Waals surface area contributed by atoms with Gasteiger partial charge >= 0.3 is 0 Å². The van der Waals surface area contributed by atoms with Crippen LogP contribution in [0.1, 0.15) is 42.1 Å². The van der Waals surface area contributed by atoms with E-state index in [2.05, 4.69) is 34.8 Å². The van der Waals surface area contributed by atoms with E-state index in [0.29, 0.717) is 6.54 Å². The Bertz CT molecular complexity index is 412. The fourth-order valence-electron chi connectivity index (χ4n) is 1.79. The van der Waals surface area contributed by atoms with Gasteiger partial charge in [-0.25, -0.2) is 0 Å². The van der Waals surface area contributed by atoms with Crippen LogP contribution in [-0.4, -0.2) is 18.5 Å². The van der Waals surface area contributed by atoms with Crippen LogP contribution in [0.15, 0.2) is 18.2 Å². The first-order valence-corrected chi connectivity index (χ1v) is 7.44. The molecule has 5 heteroatoms. The third kappa shape index (κ3) is 5.67. The second kappa shape index (κ2) is 9.55. The van der Waals surface area contributed by atoms with Crippen molar-refractivity contribution >= 4 is 40.9 Å². The number of amides is 1. The van der Waals surface area contributed by atoms with Gasteiger partial charge in [-0.3, -0.25) is 4.79 Å². The molecule has 0 heterocycles. The number of rotatable bonds is 6. The number of hydrogen-bond acceptors (Lipinski definition) is 2. The van der Waals surface area contributed by atoms with Crippen LogP contribution in [0.5, 0.6) is 0 Å². The quantitative estimate of drug-likeness (QED) is 0.725. The van der Waals surface area contributed by atoms with Crippen molar-refractivity contribution in [3.63, 3.8) is 0 Å². The molecule has 0 aliphatic carbocycles. The minimum Gasteiger partial charge on any atom is -0.348 e. The second-order valence-electron chi connectivity index (χ2n) is 4.48. The van der Waals surface area contributed by atoms with E-state index in [1.165, 1.54) is 0 Å². The number of benzene rings is 1. The Morgan fingerprint density at radius 2 is 2.16 bits per heavy atom. The predicted molar refractivity (Wildman–Crippen MR) is 91.0 cm³/mol. The first-order valence-electron chi connectivity index (χ1n) is 6.36. The summed E-state index contributed by atoms with van der Waals surface area (Å²) in [6.07, 6.45) is 3.16. The minimum atomic E-state index is -0.0188. The van der Waals surface area contributed by atoms with Gasteiger partial charge in [-0.1, -0.05) is 31.9 Å². The highest BCUT2D eigenvalue weighted by Crippen LogP contribution is 2.16. The Kier molecular flexibility index (Phi) is 9.39. The summed E-state index contributed by atoms with van der Waals surface area (Å²) in [4.78, 5) is 12.2. The van der Waals surface area contributed by atoms with Crippen LogP contribution in [0.3, 0.4) is 0 Å². The van der Waals surface area contributed by atoms with Gasteiger partial charge in [0.05, 0.1) is 5.56 Å². The summed E-state index contributed by atoms with van der Waals surface area (Å²) >= 11 is 2.22. The minimum absolute atomic E-state index is 0. The van der Waals surface area contributed by atoms with Crippen molar-refractivity contribution in [2.75, 3.05) is 6.54 Å². The van der Waals surface area contributed by atoms with Crippen LogP contribution in [0.25, 0.3) is 0 Å². The maximum Gasteiger partial charge on any atom is 0.252 e. The molecule has 0 fully saturated rings. The van der Waals surface area contributed by atoms with E-state index in [1.54, 1.807) is 0 Å². The number of carbonyl (C=O) groups excluding carboxylic acids is 1. The fraction of sp³-hybridized carbons (Fsp3) is 0.500. The van der Waals surface area contributed by atoms with Crippen molar-refractivity contribution in [2.24, 2.45) is 5.73 Å². The van der Waals surface area contributed by atoms with E-state index in [4.69, 9.17) is 5.73 Å². The molecule has 1 aromatic carbocycles. The lowest BCUT2D eigenvalue weighted by atomic mass is 10.1.